The van der Waals surface area contributed by atoms with Gasteiger partial charge in [0.25, 0.3) is 5.89 Å². The van der Waals surface area contributed by atoms with Crippen molar-refractivity contribution in [2.24, 2.45) is 5.73 Å². The fourth-order valence-electron chi connectivity index (χ4n) is 1.48. The molecule has 0 saturated heterocycles. The van der Waals surface area contributed by atoms with E-state index in [-0.39, 0.29) is 12.4 Å². The number of allylic oxidation sites excluding steroid dienone is 2. The summed E-state index contributed by atoms with van der Waals surface area (Å²) in [6.07, 6.45) is 6.24. The summed E-state index contributed by atoms with van der Waals surface area (Å²) in [4.78, 5) is 4.26. The molecule has 0 radical (unpaired) electrons. The molecule has 2 rings (SSSR count). The zero-order valence-electron chi connectivity index (χ0n) is 7.90. The molecular weight excluding hydrogens is 202 g/mol. The van der Waals surface area contributed by atoms with Crippen LogP contribution >= 0.6 is 12.4 Å². The van der Waals surface area contributed by atoms with Gasteiger partial charge in [-0.2, -0.15) is 4.98 Å². The Bertz CT molecular complexity index is 322. The van der Waals surface area contributed by atoms with Gasteiger partial charge < -0.3 is 10.3 Å². The van der Waals surface area contributed by atoms with Gasteiger partial charge in [0.15, 0.2) is 5.82 Å². The van der Waals surface area contributed by atoms with Gasteiger partial charge in [-0.25, -0.2) is 0 Å². The first-order chi connectivity index (χ1) is 6.40. The Labute approximate surface area is 89.0 Å². The summed E-state index contributed by atoms with van der Waals surface area (Å²) >= 11 is 0. The molecule has 5 heteroatoms. The number of halogens is 1. The Morgan fingerprint density at radius 3 is 3.00 bits per heavy atom. The van der Waals surface area contributed by atoms with Crippen LogP contribution in [0.5, 0.6) is 0 Å². The number of nitrogens with two attached hydrogens (primary N) is 1. The van der Waals surface area contributed by atoms with Gasteiger partial charge in [-0.05, 0) is 25.8 Å². The van der Waals surface area contributed by atoms with Crippen molar-refractivity contribution in [3.05, 3.63) is 17.8 Å². The summed E-state index contributed by atoms with van der Waals surface area (Å²) in [5.41, 5.74) is 6.58. The maximum atomic E-state index is 5.39. The monoisotopic (exact) mass is 215 g/mol. The van der Waals surface area contributed by atoms with Crippen LogP contribution in [0.25, 0.3) is 5.57 Å². The molecule has 1 aliphatic rings. The molecule has 0 saturated carbocycles. The SMILES string of the molecule is Cl.NCCc1noc(C2=CCCC2)n1. The van der Waals surface area contributed by atoms with Crippen molar-refractivity contribution in [3.8, 4) is 0 Å². The van der Waals surface area contributed by atoms with Crippen LogP contribution in [-0.2, 0) is 6.42 Å². The summed E-state index contributed by atoms with van der Waals surface area (Å²) in [5.74, 6) is 1.39. The lowest BCUT2D eigenvalue weighted by Gasteiger charge is -1.89. The third kappa shape index (κ3) is 2.33. The molecule has 14 heavy (non-hydrogen) atoms. The predicted molar refractivity (Wildman–Crippen MR) is 56.1 cm³/mol. The van der Waals surface area contributed by atoms with Crippen molar-refractivity contribution in [1.82, 2.24) is 10.1 Å². The first-order valence-corrected chi connectivity index (χ1v) is 4.62. The van der Waals surface area contributed by atoms with Gasteiger partial charge in [0.2, 0.25) is 0 Å². The summed E-state index contributed by atoms with van der Waals surface area (Å²) in [5, 5.41) is 3.84. The van der Waals surface area contributed by atoms with E-state index in [0.717, 1.165) is 12.8 Å². The fourth-order valence-corrected chi connectivity index (χ4v) is 1.48. The largest absolute Gasteiger partial charge is 0.334 e. The molecule has 0 spiro atoms. The molecular formula is C9H14ClN3O. The van der Waals surface area contributed by atoms with Gasteiger partial charge in [0, 0.05) is 12.0 Å². The lowest BCUT2D eigenvalue weighted by atomic mass is 10.2. The predicted octanol–water partition coefficient (Wildman–Crippen LogP) is 1.56. The van der Waals surface area contributed by atoms with E-state index in [0.29, 0.717) is 24.7 Å². The molecule has 0 fully saturated rings. The topological polar surface area (TPSA) is 64.9 Å². The second-order valence-electron chi connectivity index (χ2n) is 3.18. The van der Waals surface area contributed by atoms with Crippen LogP contribution in [0.15, 0.2) is 10.6 Å². The van der Waals surface area contributed by atoms with Gasteiger partial charge >= 0.3 is 0 Å². The lowest BCUT2D eigenvalue weighted by Crippen LogP contribution is -2.03. The third-order valence-corrected chi connectivity index (χ3v) is 2.15. The summed E-state index contributed by atoms with van der Waals surface area (Å²) < 4.78 is 5.12. The summed E-state index contributed by atoms with van der Waals surface area (Å²) in [6.45, 7) is 0.567. The molecule has 0 bridgehead atoms. The molecule has 1 heterocycles. The molecule has 0 atom stereocenters. The molecule has 4 nitrogen and oxygen atoms in total. The van der Waals surface area contributed by atoms with Crippen molar-refractivity contribution < 1.29 is 4.52 Å². The van der Waals surface area contributed by atoms with Crippen LogP contribution in [-0.4, -0.2) is 16.7 Å². The average molecular weight is 216 g/mol. The van der Waals surface area contributed by atoms with E-state index < -0.39 is 0 Å². The summed E-state index contributed by atoms with van der Waals surface area (Å²) in [7, 11) is 0. The maximum Gasteiger partial charge on any atom is 0.253 e. The zero-order valence-corrected chi connectivity index (χ0v) is 8.72. The standard InChI is InChI=1S/C9H13N3O.ClH/c10-6-5-8-11-9(13-12-8)7-3-1-2-4-7;/h3H,1-2,4-6,10H2;1H. The van der Waals surface area contributed by atoms with Crippen LogP contribution in [0.2, 0.25) is 0 Å². The Hall–Kier alpha value is -0.870. The molecule has 1 aromatic heterocycles. The number of hydrogen-bond acceptors (Lipinski definition) is 4. The number of nitrogens with zero attached hydrogens (tertiary/aromatic N) is 2. The average Bonchev–Trinajstić information content (AvgIpc) is 2.70. The van der Waals surface area contributed by atoms with E-state index in [9.17, 15) is 0 Å². The summed E-state index contributed by atoms with van der Waals surface area (Å²) in [6, 6.07) is 0. The van der Waals surface area contributed by atoms with Crippen LogP contribution in [0.3, 0.4) is 0 Å². The van der Waals surface area contributed by atoms with Gasteiger partial charge in [-0.15, -0.1) is 12.4 Å². The molecule has 0 unspecified atom stereocenters. The highest BCUT2D eigenvalue weighted by atomic mass is 35.5. The third-order valence-electron chi connectivity index (χ3n) is 2.15. The molecule has 1 aromatic rings. The van der Waals surface area contributed by atoms with Gasteiger partial charge in [-0.1, -0.05) is 11.2 Å². The Morgan fingerprint density at radius 1 is 1.50 bits per heavy atom. The Balaban J connectivity index is 0.000000980. The Kier molecular flexibility index (Phi) is 4.10. The van der Waals surface area contributed by atoms with Crippen LogP contribution in [0.4, 0.5) is 0 Å². The Morgan fingerprint density at radius 2 is 2.36 bits per heavy atom. The van der Waals surface area contributed by atoms with Crippen molar-refractivity contribution >= 4 is 18.0 Å². The maximum absolute atomic E-state index is 5.39. The van der Waals surface area contributed by atoms with Crippen LogP contribution in [0, 0.1) is 0 Å². The number of rotatable bonds is 3. The second-order valence-corrected chi connectivity index (χ2v) is 3.18. The van der Waals surface area contributed by atoms with Gasteiger partial charge in [-0.3, -0.25) is 0 Å². The minimum atomic E-state index is 0. The highest BCUT2D eigenvalue weighted by molar-refractivity contribution is 5.85. The molecule has 1 aliphatic carbocycles. The van der Waals surface area contributed by atoms with Crippen LogP contribution < -0.4 is 5.73 Å². The molecule has 78 valence electrons. The normalized spacial score (nSPS) is 15.1. The second kappa shape index (κ2) is 5.12. The first kappa shape index (κ1) is 11.2. The molecule has 0 aromatic carbocycles. The molecule has 0 aliphatic heterocycles. The van der Waals surface area contributed by atoms with Crippen LogP contribution in [0.1, 0.15) is 31.0 Å². The minimum absolute atomic E-state index is 0. The van der Waals surface area contributed by atoms with Gasteiger partial charge in [0.1, 0.15) is 0 Å². The highest BCUT2D eigenvalue weighted by Crippen LogP contribution is 2.25. The van der Waals surface area contributed by atoms with E-state index in [4.69, 9.17) is 10.3 Å². The highest BCUT2D eigenvalue weighted by Gasteiger charge is 2.13. The van der Waals surface area contributed by atoms with Crippen molar-refractivity contribution in [2.75, 3.05) is 6.54 Å². The smallest absolute Gasteiger partial charge is 0.253 e. The number of hydrogen-bond donors (Lipinski definition) is 1. The fraction of sp³-hybridized carbons (Fsp3) is 0.556. The minimum Gasteiger partial charge on any atom is -0.334 e. The first-order valence-electron chi connectivity index (χ1n) is 4.62. The van der Waals surface area contributed by atoms with E-state index in [1.807, 2.05) is 0 Å². The van der Waals surface area contributed by atoms with Crippen molar-refractivity contribution in [1.29, 1.82) is 0 Å². The number of aromatic nitrogens is 2. The lowest BCUT2D eigenvalue weighted by molar-refractivity contribution is 0.399. The molecule has 2 N–H and O–H groups in total. The van der Waals surface area contributed by atoms with Crippen molar-refractivity contribution in [3.63, 3.8) is 0 Å². The van der Waals surface area contributed by atoms with E-state index in [1.165, 1.54) is 12.0 Å². The quantitative estimate of drug-likeness (QED) is 0.831. The zero-order chi connectivity index (χ0) is 9.10. The van der Waals surface area contributed by atoms with E-state index >= 15 is 0 Å². The van der Waals surface area contributed by atoms with Crippen molar-refractivity contribution in [2.45, 2.75) is 25.7 Å². The van der Waals surface area contributed by atoms with E-state index in [1.54, 1.807) is 0 Å². The molecule has 0 amide bonds. The van der Waals surface area contributed by atoms with E-state index in [2.05, 4.69) is 16.2 Å². The van der Waals surface area contributed by atoms with Gasteiger partial charge in [0.05, 0.1) is 0 Å².